The Hall–Kier alpha value is -2.26. The van der Waals surface area contributed by atoms with Crippen LogP contribution in [0.5, 0.6) is 0 Å². The highest BCUT2D eigenvalue weighted by Crippen LogP contribution is 2.30. The monoisotopic (exact) mass is 443 g/mol. The van der Waals surface area contributed by atoms with Gasteiger partial charge in [0, 0.05) is 23.3 Å². The van der Waals surface area contributed by atoms with Gasteiger partial charge in [0.15, 0.2) is 15.6 Å². The van der Waals surface area contributed by atoms with Crippen molar-refractivity contribution in [2.24, 2.45) is 0 Å². The van der Waals surface area contributed by atoms with Crippen LogP contribution in [-0.4, -0.2) is 29.8 Å². The van der Waals surface area contributed by atoms with Crippen molar-refractivity contribution in [2.75, 3.05) is 5.75 Å². The maximum Gasteiger partial charge on any atom is 0.319 e. The maximum absolute atomic E-state index is 14.3. The molecule has 0 fully saturated rings. The minimum Gasteiger partial charge on any atom is -0.480 e. The Kier molecular flexibility index (Phi) is 4.85. The van der Waals surface area contributed by atoms with Gasteiger partial charge in [-0.05, 0) is 23.8 Å². The van der Waals surface area contributed by atoms with Gasteiger partial charge in [0.05, 0.1) is 15.8 Å². The number of benzene rings is 2. The van der Waals surface area contributed by atoms with Crippen molar-refractivity contribution in [3.63, 3.8) is 0 Å². The van der Waals surface area contributed by atoms with E-state index in [4.69, 9.17) is 5.11 Å². The first-order chi connectivity index (χ1) is 12.2. The number of hydrogen-bond donors (Lipinski definition) is 1. The third kappa shape index (κ3) is 3.63. The number of fused-ring (bicyclic) bond motifs is 1. The van der Waals surface area contributed by atoms with Crippen LogP contribution in [0.1, 0.15) is 5.56 Å². The number of aliphatic carboxylic acids is 1. The van der Waals surface area contributed by atoms with E-state index in [1.54, 1.807) is 24.3 Å². The number of nitrogens with zero attached hydrogens (tertiary/aromatic N) is 1. The van der Waals surface area contributed by atoms with Gasteiger partial charge < -0.3 is 9.67 Å². The second-order valence-corrected chi connectivity index (χ2v) is 8.56. The minimum absolute atomic E-state index is 0.0337. The minimum atomic E-state index is -4.29. The molecule has 3 rings (SSSR count). The van der Waals surface area contributed by atoms with Crippen molar-refractivity contribution < 1.29 is 27.1 Å². The zero-order valence-corrected chi connectivity index (χ0v) is 15.5. The van der Waals surface area contributed by atoms with Crippen LogP contribution < -0.4 is 0 Å². The molecule has 0 atom stereocenters. The number of carbonyl (C=O) groups is 1. The molecule has 0 bridgehead atoms. The van der Waals surface area contributed by atoms with Gasteiger partial charge in [0.1, 0.15) is 11.6 Å². The van der Waals surface area contributed by atoms with E-state index in [2.05, 4.69) is 15.9 Å². The molecule has 0 radical (unpaired) electrons. The van der Waals surface area contributed by atoms with E-state index < -0.39 is 38.1 Å². The SMILES string of the molecule is O=C(O)CS(=O)(=O)c1cn(Cc2cccc(Br)c2)c2cc(F)cc(F)c12. The number of aromatic nitrogens is 1. The molecule has 9 heteroatoms. The Morgan fingerprint density at radius 3 is 2.58 bits per heavy atom. The highest BCUT2D eigenvalue weighted by Gasteiger charge is 2.26. The standard InChI is InChI=1S/C17H12BrF2NO4S/c18-11-3-1-2-10(4-11)7-21-8-15(26(24,25)9-16(22)23)17-13(20)5-12(19)6-14(17)21/h1-6,8H,7,9H2,(H,22,23). The van der Waals surface area contributed by atoms with E-state index in [1.807, 2.05) is 0 Å². The lowest BCUT2D eigenvalue weighted by atomic mass is 10.2. The van der Waals surface area contributed by atoms with Gasteiger partial charge in [-0.3, -0.25) is 4.79 Å². The van der Waals surface area contributed by atoms with Crippen LogP contribution in [0.3, 0.4) is 0 Å². The zero-order chi connectivity index (χ0) is 19.1. The average Bonchev–Trinajstić information content (AvgIpc) is 2.86. The third-order valence-corrected chi connectivity index (χ3v) is 5.85. The van der Waals surface area contributed by atoms with E-state index in [0.29, 0.717) is 6.07 Å². The maximum atomic E-state index is 14.3. The second-order valence-electron chi connectivity index (χ2n) is 5.69. The van der Waals surface area contributed by atoms with E-state index in [0.717, 1.165) is 22.3 Å². The molecular formula is C17H12BrF2NO4S. The normalized spacial score (nSPS) is 11.8. The quantitative estimate of drug-likeness (QED) is 0.653. The summed E-state index contributed by atoms with van der Waals surface area (Å²) in [5.74, 6) is -4.65. The lowest BCUT2D eigenvalue weighted by molar-refractivity contribution is -0.134. The van der Waals surface area contributed by atoms with Crippen molar-refractivity contribution in [3.05, 3.63) is 64.3 Å². The van der Waals surface area contributed by atoms with Crippen LogP contribution in [-0.2, 0) is 21.2 Å². The molecule has 2 aromatic carbocycles. The molecule has 1 heterocycles. The smallest absolute Gasteiger partial charge is 0.319 e. The molecule has 136 valence electrons. The topological polar surface area (TPSA) is 76.4 Å². The molecule has 0 saturated carbocycles. The number of halogens is 3. The van der Waals surface area contributed by atoms with Gasteiger partial charge in [-0.25, -0.2) is 17.2 Å². The van der Waals surface area contributed by atoms with E-state index in [9.17, 15) is 22.0 Å². The zero-order valence-electron chi connectivity index (χ0n) is 13.1. The van der Waals surface area contributed by atoms with Crippen LogP contribution in [0, 0.1) is 11.6 Å². The van der Waals surface area contributed by atoms with Crippen LogP contribution in [0.4, 0.5) is 8.78 Å². The van der Waals surface area contributed by atoms with Gasteiger partial charge in [-0.15, -0.1) is 0 Å². The summed E-state index contributed by atoms with van der Waals surface area (Å²) in [6.07, 6.45) is 1.15. The molecule has 26 heavy (non-hydrogen) atoms. The fourth-order valence-corrected chi connectivity index (χ4v) is 4.47. The molecular weight excluding hydrogens is 432 g/mol. The fourth-order valence-electron chi connectivity index (χ4n) is 2.75. The van der Waals surface area contributed by atoms with E-state index >= 15 is 0 Å². The lowest BCUT2D eigenvalue weighted by Gasteiger charge is -2.06. The van der Waals surface area contributed by atoms with Crippen LogP contribution in [0.15, 0.2) is 52.0 Å². The molecule has 0 spiro atoms. The molecule has 1 aromatic heterocycles. The van der Waals surface area contributed by atoms with Crippen molar-refractivity contribution >= 4 is 42.6 Å². The van der Waals surface area contributed by atoms with Crippen LogP contribution in [0.2, 0.25) is 0 Å². The number of carboxylic acid groups (broad SMARTS) is 1. The largest absolute Gasteiger partial charge is 0.480 e. The summed E-state index contributed by atoms with van der Waals surface area (Å²) in [6, 6.07) is 8.74. The van der Waals surface area contributed by atoms with Gasteiger partial charge in [-0.1, -0.05) is 28.1 Å². The molecule has 0 aliphatic carbocycles. The van der Waals surface area contributed by atoms with Crippen molar-refractivity contribution in [1.82, 2.24) is 4.57 Å². The summed E-state index contributed by atoms with van der Waals surface area (Å²) in [5, 5.41) is 8.51. The van der Waals surface area contributed by atoms with Gasteiger partial charge in [-0.2, -0.15) is 0 Å². The van der Waals surface area contributed by atoms with Gasteiger partial charge in [0.25, 0.3) is 0 Å². The number of carboxylic acids is 1. The molecule has 0 aliphatic heterocycles. The van der Waals surface area contributed by atoms with Crippen LogP contribution in [0.25, 0.3) is 10.9 Å². The van der Waals surface area contributed by atoms with Crippen molar-refractivity contribution in [3.8, 4) is 0 Å². The summed E-state index contributed by atoms with van der Waals surface area (Å²) in [6.45, 7) is 0.154. The first-order valence-electron chi connectivity index (χ1n) is 7.34. The van der Waals surface area contributed by atoms with E-state index in [-0.39, 0.29) is 17.4 Å². The summed E-state index contributed by atoms with van der Waals surface area (Å²) in [5.41, 5.74) is 0.801. The lowest BCUT2D eigenvalue weighted by Crippen LogP contribution is -2.15. The van der Waals surface area contributed by atoms with Crippen molar-refractivity contribution in [2.45, 2.75) is 11.4 Å². The highest BCUT2D eigenvalue weighted by atomic mass is 79.9. The van der Waals surface area contributed by atoms with E-state index in [1.165, 1.54) is 4.57 Å². The molecule has 0 saturated heterocycles. The Morgan fingerprint density at radius 2 is 1.92 bits per heavy atom. The molecule has 5 nitrogen and oxygen atoms in total. The molecule has 0 amide bonds. The van der Waals surface area contributed by atoms with Gasteiger partial charge >= 0.3 is 5.97 Å². The first-order valence-corrected chi connectivity index (χ1v) is 9.79. The Labute approximate surface area is 155 Å². The first kappa shape index (κ1) is 18.5. The average molecular weight is 444 g/mol. The summed E-state index contributed by atoms with van der Waals surface area (Å²) >= 11 is 3.32. The van der Waals surface area contributed by atoms with Crippen LogP contribution >= 0.6 is 15.9 Å². The third-order valence-electron chi connectivity index (χ3n) is 3.75. The number of hydrogen-bond acceptors (Lipinski definition) is 3. The summed E-state index contributed by atoms with van der Waals surface area (Å²) in [7, 11) is -4.29. The Balaban J connectivity index is 2.23. The summed E-state index contributed by atoms with van der Waals surface area (Å²) < 4.78 is 54.9. The molecule has 0 unspecified atom stereocenters. The Morgan fingerprint density at radius 1 is 1.19 bits per heavy atom. The molecule has 3 aromatic rings. The Bertz CT molecular complexity index is 1130. The predicted octanol–water partition coefficient (Wildman–Crippen LogP) is 3.59. The molecule has 0 aliphatic rings. The van der Waals surface area contributed by atoms with Gasteiger partial charge in [0.2, 0.25) is 0 Å². The van der Waals surface area contributed by atoms with Crippen molar-refractivity contribution in [1.29, 1.82) is 0 Å². The summed E-state index contributed by atoms with van der Waals surface area (Å²) in [4.78, 5) is 10.4. The highest BCUT2D eigenvalue weighted by molar-refractivity contribution is 9.10. The second kappa shape index (κ2) is 6.81. The number of sulfone groups is 1. The number of rotatable bonds is 5. The molecule has 1 N–H and O–H groups in total. The fraction of sp³-hybridized carbons (Fsp3) is 0.118. The predicted molar refractivity (Wildman–Crippen MR) is 94.8 cm³/mol.